The van der Waals surface area contributed by atoms with Crippen molar-refractivity contribution in [1.29, 1.82) is 0 Å². The van der Waals surface area contributed by atoms with Gasteiger partial charge in [0.2, 0.25) is 10.8 Å². The average Bonchev–Trinajstić information content (AvgIpc) is 2.51. The maximum atomic E-state index is 9.47. The normalized spacial score (nSPS) is 45.6. The van der Waals surface area contributed by atoms with Crippen LogP contribution in [0.25, 0.3) is 0 Å². The molecule has 0 bridgehead atoms. The van der Waals surface area contributed by atoms with Crippen molar-refractivity contribution in [3.05, 3.63) is 21.2 Å². The zero-order valence-corrected chi connectivity index (χ0v) is 8.47. The maximum absolute atomic E-state index is 9.47. The van der Waals surface area contributed by atoms with E-state index in [4.69, 9.17) is 51.1 Å². The van der Waals surface area contributed by atoms with Crippen molar-refractivity contribution in [2.45, 2.75) is 10.8 Å². The van der Waals surface area contributed by atoms with Gasteiger partial charge in [0.1, 0.15) is 0 Å². The summed E-state index contributed by atoms with van der Waals surface area (Å²) in [7, 11) is 0. The second kappa shape index (κ2) is 2.32. The van der Waals surface area contributed by atoms with Gasteiger partial charge in [-0.05, 0) is 6.08 Å². The smallest absolute Gasteiger partial charge is 0.240 e. The van der Waals surface area contributed by atoms with Crippen molar-refractivity contribution in [3.63, 3.8) is 0 Å². The van der Waals surface area contributed by atoms with E-state index < -0.39 is 10.8 Å². The lowest BCUT2D eigenvalue weighted by Gasteiger charge is -2.12. The Hall–Kier alpha value is 0.560. The molecule has 0 aromatic rings. The molecule has 2 atom stereocenters. The van der Waals surface area contributed by atoms with Crippen LogP contribution in [0.1, 0.15) is 0 Å². The summed E-state index contributed by atoms with van der Waals surface area (Å²) in [6.07, 6.45) is 1.22. The Morgan fingerprint density at radius 2 is 1.92 bits per heavy atom. The van der Waals surface area contributed by atoms with Crippen LogP contribution in [-0.4, -0.2) is 16.0 Å². The summed E-state index contributed by atoms with van der Waals surface area (Å²) in [4.78, 5) is 0. The number of allylic oxidation sites excluding steroid dienone is 2. The molecule has 6 heteroatoms. The van der Waals surface area contributed by atoms with E-state index in [0.29, 0.717) is 0 Å². The molecule has 66 valence electrons. The third-order valence-electron chi connectivity index (χ3n) is 1.72. The van der Waals surface area contributed by atoms with Gasteiger partial charge in [0.05, 0.1) is 15.1 Å². The largest absolute Gasteiger partial charge is 0.359 e. The fraction of sp³-hybridized carbons (Fsp3) is 0.333. The van der Waals surface area contributed by atoms with Gasteiger partial charge in [0.25, 0.3) is 0 Å². The number of epoxide rings is 1. The number of hydrogen-bond acceptors (Lipinski definition) is 2. The van der Waals surface area contributed by atoms with Gasteiger partial charge in [-0.3, -0.25) is 0 Å². The molecule has 2 aliphatic rings. The van der Waals surface area contributed by atoms with Gasteiger partial charge in [-0.25, -0.2) is 0 Å². The summed E-state index contributed by atoms with van der Waals surface area (Å²) >= 11 is 22.7. The van der Waals surface area contributed by atoms with Gasteiger partial charge in [-0.2, -0.15) is 0 Å². The number of alkyl halides is 1. The van der Waals surface area contributed by atoms with E-state index in [1.165, 1.54) is 6.08 Å². The molecule has 2 rings (SSSR count). The summed E-state index contributed by atoms with van der Waals surface area (Å²) < 4.78 is 4.79. The molecule has 0 radical (unpaired) electrons. The van der Waals surface area contributed by atoms with E-state index in [1.807, 2.05) is 0 Å². The first-order valence-corrected chi connectivity index (χ1v) is 4.48. The lowest BCUT2D eigenvalue weighted by atomic mass is 10.1. The number of rotatable bonds is 0. The van der Waals surface area contributed by atoms with E-state index >= 15 is 0 Å². The second-order valence-electron chi connectivity index (χ2n) is 2.51. The molecule has 2 unspecified atom stereocenters. The molecule has 1 fully saturated rings. The van der Waals surface area contributed by atoms with Crippen molar-refractivity contribution in [2.24, 2.45) is 0 Å². The topological polar surface area (TPSA) is 32.8 Å². The standard InChI is InChI=1S/C6H2Cl4O2/c7-2-1-5(11)6(10,12-5)4(9)3(2)8/h1,11H. The molecule has 0 saturated carbocycles. The molecule has 12 heavy (non-hydrogen) atoms. The molecule has 0 aromatic heterocycles. The predicted octanol–water partition coefficient (Wildman–Crippen LogP) is 2.47. The van der Waals surface area contributed by atoms with E-state index in [2.05, 4.69) is 0 Å². The first-order chi connectivity index (χ1) is 5.41. The molecule has 1 saturated heterocycles. The number of hydrogen-bond donors (Lipinski definition) is 1. The van der Waals surface area contributed by atoms with Gasteiger partial charge in [0.15, 0.2) is 0 Å². The van der Waals surface area contributed by atoms with E-state index in [9.17, 15) is 5.11 Å². The zero-order chi connectivity index (χ0) is 9.15. The van der Waals surface area contributed by atoms with Crippen LogP contribution in [0, 0.1) is 0 Å². The lowest BCUT2D eigenvalue weighted by molar-refractivity contribution is 0.0823. The summed E-state index contributed by atoms with van der Waals surface area (Å²) in [5.41, 5.74) is 0. The number of fused-ring (bicyclic) bond motifs is 1. The predicted molar refractivity (Wildman–Crippen MR) is 47.3 cm³/mol. The monoisotopic (exact) mass is 246 g/mol. The van der Waals surface area contributed by atoms with Crippen molar-refractivity contribution in [3.8, 4) is 0 Å². The summed E-state index contributed by atoms with van der Waals surface area (Å²) in [5, 5.41) is 8.31. The van der Waals surface area contributed by atoms with Crippen LogP contribution >= 0.6 is 46.4 Å². The van der Waals surface area contributed by atoms with Crippen LogP contribution in [0.4, 0.5) is 0 Å². The third kappa shape index (κ3) is 0.910. The third-order valence-corrected chi connectivity index (χ3v) is 3.70. The first kappa shape index (κ1) is 9.13. The Balaban J connectivity index is 2.54. The number of ether oxygens (including phenoxy) is 1. The van der Waals surface area contributed by atoms with E-state index in [0.717, 1.165) is 0 Å². The molecule has 1 aliphatic heterocycles. The highest BCUT2D eigenvalue weighted by molar-refractivity contribution is 6.51. The second-order valence-corrected chi connectivity index (χ2v) is 4.21. The highest BCUT2D eigenvalue weighted by Crippen LogP contribution is 2.61. The lowest BCUT2D eigenvalue weighted by Crippen LogP contribution is -2.22. The molecule has 0 aromatic carbocycles. The fourth-order valence-corrected chi connectivity index (χ4v) is 2.06. The van der Waals surface area contributed by atoms with Gasteiger partial charge in [-0.1, -0.05) is 46.4 Å². The minimum absolute atomic E-state index is 0.0147. The molecule has 1 aliphatic carbocycles. The molecule has 0 amide bonds. The molecule has 0 spiro atoms. The SMILES string of the molecule is OC12C=C(Cl)C(Cl)=C(Cl)C1(Cl)O2. The van der Waals surface area contributed by atoms with Gasteiger partial charge < -0.3 is 9.84 Å². The molecule has 1 heterocycles. The Morgan fingerprint density at radius 1 is 1.33 bits per heavy atom. The van der Waals surface area contributed by atoms with Gasteiger partial charge >= 0.3 is 0 Å². The number of halogens is 4. The Morgan fingerprint density at radius 3 is 2.50 bits per heavy atom. The van der Waals surface area contributed by atoms with Crippen LogP contribution < -0.4 is 0 Å². The van der Waals surface area contributed by atoms with Crippen molar-refractivity contribution in [1.82, 2.24) is 0 Å². The Kier molecular flexibility index (Phi) is 1.77. The molecular formula is C6H2Cl4O2. The maximum Gasteiger partial charge on any atom is 0.240 e. The Bertz CT molecular complexity index is 324. The Labute approximate surface area is 88.3 Å². The van der Waals surface area contributed by atoms with Crippen LogP contribution in [0.15, 0.2) is 21.2 Å². The molecule has 1 N–H and O–H groups in total. The summed E-state index contributed by atoms with van der Waals surface area (Å²) in [6, 6.07) is 0. The fourth-order valence-electron chi connectivity index (χ4n) is 0.994. The van der Waals surface area contributed by atoms with Gasteiger partial charge in [-0.15, -0.1) is 0 Å². The molecular weight excluding hydrogens is 246 g/mol. The zero-order valence-electron chi connectivity index (χ0n) is 5.44. The van der Waals surface area contributed by atoms with Crippen molar-refractivity contribution in [2.75, 3.05) is 0 Å². The quantitative estimate of drug-likeness (QED) is 0.527. The van der Waals surface area contributed by atoms with Crippen LogP contribution in [0.3, 0.4) is 0 Å². The van der Waals surface area contributed by atoms with Crippen molar-refractivity contribution < 1.29 is 9.84 Å². The van der Waals surface area contributed by atoms with E-state index in [-0.39, 0.29) is 15.1 Å². The van der Waals surface area contributed by atoms with Crippen molar-refractivity contribution >= 4 is 46.4 Å². The summed E-state index contributed by atoms with van der Waals surface area (Å²) in [6.45, 7) is 0. The minimum Gasteiger partial charge on any atom is -0.359 e. The van der Waals surface area contributed by atoms with Crippen LogP contribution in [0.2, 0.25) is 0 Å². The van der Waals surface area contributed by atoms with Crippen LogP contribution in [-0.2, 0) is 4.74 Å². The minimum atomic E-state index is -1.60. The first-order valence-electron chi connectivity index (χ1n) is 2.97. The average molecular weight is 248 g/mol. The van der Waals surface area contributed by atoms with E-state index in [1.54, 1.807) is 0 Å². The number of aliphatic hydroxyl groups is 1. The van der Waals surface area contributed by atoms with Gasteiger partial charge in [0, 0.05) is 0 Å². The van der Waals surface area contributed by atoms with Crippen LogP contribution in [0.5, 0.6) is 0 Å². The highest BCUT2D eigenvalue weighted by Gasteiger charge is 2.73. The highest BCUT2D eigenvalue weighted by atomic mass is 35.5. The molecule has 2 nitrogen and oxygen atoms in total. The summed E-state index contributed by atoms with van der Waals surface area (Å²) in [5.74, 6) is -1.60.